The maximum atomic E-state index is 5.67. The highest BCUT2D eigenvalue weighted by molar-refractivity contribution is 9.25. The van der Waals surface area contributed by atoms with Gasteiger partial charge in [0.25, 0.3) is 0 Å². The molecule has 0 aliphatic rings. The van der Waals surface area contributed by atoms with Gasteiger partial charge in [0.15, 0.2) is 3.42 Å². The Kier molecular flexibility index (Phi) is 8.83. The van der Waals surface area contributed by atoms with Crippen molar-refractivity contribution in [2.45, 2.75) is 55.8 Å². The predicted octanol–water partition coefficient (Wildman–Crippen LogP) is 4.83. The largest absolute Gasteiger partial charge is 0.354 e. The highest BCUT2D eigenvalue weighted by Gasteiger charge is 2.21. The van der Waals surface area contributed by atoms with Crippen molar-refractivity contribution >= 4 is 31.9 Å². The van der Waals surface area contributed by atoms with Crippen LogP contribution in [0.15, 0.2) is 0 Å². The second-order valence-electron chi connectivity index (χ2n) is 3.30. The molecule has 0 unspecified atom stereocenters. The second-order valence-corrected chi connectivity index (χ2v) is 6.92. The minimum absolute atomic E-state index is 0.274. The first kappa shape index (κ1) is 13.9. The van der Waals surface area contributed by atoms with Crippen LogP contribution < -0.4 is 0 Å². The Balaban J connectivity index is 3.39. The fourth-order valence-electron chi connectivity index (χ4n) is 1.03. The number of rotatable bonds is 8. The van der Waals surface area contributed by atoms with Gasteiger partial charge in [-0.2, -0.15) is 0 Å². The van der Waals surface area contributed by atoms with Crippen molar-refractivity contribution in [3.8, 4) is 0 Å². The first-order valence-corrected chi connectivity index (χ1v) is 6.72. The minimum atomic E-state index is -0.274. The molecule has 0 aromatic rings. The Morgan fingerprint density at radius 2 is 1.62 bits per heavy atom. The number of hydrogen-bond acceptors (Lipinski definition) is 1. The summed E-state index contributed by atoms with van der Waals surface area (Å²) in [5.74, 6) is 0. The molecule has 0 heterocycles. The molecule has 80 valence electrons. The maximum absolute atomic E-state index is 5.67. The van der Waals surface area contributed by atoms with Crippen molar-refractivity contribution < 1.29 is 4.74 Å². The van der Waals surface area contributed by atoms with Gasteiger partial charge in [-0.15, -0.1) is 0 Å². The molecule has 3 heteroatoms. The summed E-state index contributed by atoms with van der Waals surface area (Å²) in [6, 6.07) is 0. The van der Waals surface area contributed by atoms with Crippen molar-refractivity contribution in [2.75, 3.05) is 6.61 Å². The van der Waals surface area contributed by atoms with E-state index in [2.05, 4.69) is 45.7 Å². The van der Waals surface area contributed by atoms with Crippen LogP contribution in [0.3, 0.4) is 0 Å². The van der Waals surface area contributed by atoms with Crippen LogP contribution in [0.5, 0.6) is 0 Å². The SMILES string of the molecule is CCCCCOC(Br)(Br)CCCC. The number of unbranched alkanes of at least 4 members (excludes halogenated alkanes) is 3. The van der Waals surface area contributed by atoms with Crippen LogP contribution in [0, 0.1) is 0 Å². The summed E-state index contributed by atoms with van der Waals surface area (Å²) < 4.78 is 5.39. The van der Waals surface area contributed by atoms with Gasteiger partial charge in [0.1, 0.15) is 0 Å². The van der Waals surface area contributed by atoms with Gasteiger partial charge in [-0.1, -0.05) is 33.1 Å². The first-order chi connectivity index (χ1) is 6.12. The van der Waals surface area contributed by atoms with Crippen molar-refractivity contribution in [3.05, 3.63) is 0 Å². The molecule has 0 aliphatic heterocycles. The average Bonchev–Trinajstić information content (AvgIpc) is 2.09. The number of hydrogen-bond donors (Lipinski definition) is 0. The van der Waals surface area contributed by atoms with Gasteiger partial charge in [0.2, 0.25) is 0 Å². The van der Waals surface area contributed by atoms with Crippen LogP contribution >= 0.6 is 31.9 Å². The fraction of sp³-hybridized carbons (Fsp3) is 1.00. The molecule has 0 fully saturated rings. The molecule has 0 amide bonds. The molecule has 0 saturated heterocycles. The summed E-state index contributed by atoms with van der Waals surface area (Å²) in [5, 5.41) is 0. The zero-order chi connectivity index (χ0) is 10.2. The third-order valence-corrected chi connectivity index (χ3v) is 3.13. The standard InChI is InChI=1S/C10H20Br2O/c1-3-5-7-9-13-10(11,12)8-6-4-2/h3-9H2,1-2H3. The van der Waals surface area contributed by atoms with Gasteiger partial charge >= 0.3 is 0 Å². The lowest BCUT2D eigenvalue weighted by Gasteiger charge is -2.20. The third kappa shape index (κ3) is 9.23. The van der Waals surface area contributed by atoms with E-state index in [1.54, 1.807) is 0 Å². The highest BCUT2D eigenvalue weighted by Crippen LogP contribution is 2.33. The Hall–Kier alpha value is 0.920. The second kappa shape index (κ2) is 8.25. The molecule has 0 rings (SSSR count). The number of halogens is 2. The zero-order valence-electron chi connectivity index (χ0n) is 8.61. The van der Waals surface area contributed by atoms with Crippen molar-refractivity contribution in [1.82, 2.24) is 0 Å². The van der Waals surface area contributed by atoms with Gasteiger partial charge in [0, 0.05) is 6.61 Å². The van der Waals surface area contributed by atoms with Crippen LogP contribution in [0.2, 0.25) is 0 Å². The molecule has 1 nitrogen and oxygen atoms in total. The smallest absolute Gasteiger partial charge is 0.177 e. The monoisotopic (exact) mass is 314 g/mol. The molecular weight excluding hydrogens is 296 g/mol. The van der Waals surface area contributed by atoms with Crippen molar-refractivity contribution in [2.24, 2.45) is 0 Å². The Bertz CT molecular complexity index is 115. The van der Waals surface area contributed by atoms with Crippen molar-refractivity contribution in [1.29, 1.82) is 0 Å². The molecule has 0 aromatic heterocycles. The Morgan fingerprint density at radius 3 is 2.15 bits per heavy atom. The van der Waals surface area contributed by atoms with Crippen LogP contribution in [-0.4, -0.2) is 10.0 Å². The molecule has 0 N–H and O–H groups in total. The van der Waals surface area contributed by atoms with E-state index in [1.807, 2.05) is 0 Å². The lowest BCUT2D eigenvalue weighted by Crippen LogP contribution is -2.17. The van der Waals surface area contributed by atoms with Gasteiger partial charge in [-0.3, -0.25) is 0 Å². The van der Waals surface area contributed by atoms with E-state index < -0.39 is 0 Å². The summed E-state index contributed by atoms with van der Waals surface area (Å²) in [4.78, 5) is 0. The highest BCUT2D eigenvalue weighted by atomic mass is 79.9. The fourth-order valence-corrected chi connectivity index (χ4v) is 1.91. The Morgan fingerprint density at radius 1 is 1.00 bits per heavy atom. The normalized spacial score (nSPS) is 12.0. The Labute approximate surface area is 98.9 Å². The van der Waals surface area contributed by atoms with E-state index in [9.17, 15) is 0 Å². The number of alkyl halides is 2. The molecule has 0 bridgehead atoms. The summed E-state index contributed by atoms with van der Waals surface area (Å²) in [7, 11) is 0. The quantitative estimate of drug-likeness (QED) is 0.460. The van der Waals surface area contributed by atoms with Crippen LogP contribution in [0.1, 0.15) is 52.4 Å². The van der Waals surface area contributed by atoms with E-state index in [1.165, 1.54) is 25.7 Å². The average molecular weight is 316 g/mol. The van der Waals surface area contributed by atoms with E-state index in [-0.39, 0.29) is 3.42 Å². The van der Waals surface area contributed by atoms with Crippen LogP contribution in [-0.2, 0) is 4.74 Å². The first-order valence-electron chi connectivity index (χ1n) is 5.14. The van der Waals surface area contributed by atoms with Gasteiger partial charge in [0.05, 0.1) is 0 Å². The zero-order valence-corrected chi connectivity index (χ0v) is 11.8. The lowest BCUT2D eigenvalue weighted by atomic mass is 10.2. The molecular formula is C10H20Br2O. The molecule has 0 radical (unpaired) electrons. The van der Waals surface area contributed by atoms with E-state index in [0.717, 1.165) is 19.4 Å². The van der Waals surface area contributed by atoms with Gasteiger partial charge in [-0.25, -0.2) is 0 Å². The van der Waals surface area contributed by atoms with E-state index in [0.29, 0.717) is 0 Å². The predicted molar refractivity (Wildman–Crippen MR) is 65.6 cm³/mol. The molecule has 0 spiro atoms. The molecule has 0 aliphatic carbocycles. The van der Waals surface area contributed by atoms with E-state index in [4.69, 9.17) is 4.74 Å². The molecule has 13 heavy (non-hydrogen) atoms. The maximum Gasteiger partial charge on any atom is 0.177 e. The molecule has 0 atom stereocenters. The van der Waals surface area contributed by atoms with Gasteiger partial charge in [-0.05, 0) is 51.1 Å². The van der Waals surface area contributed by atoms with Crippen LogP contribution in [0.4, 0.5) is 0 Å². The summed E-state index contributed by atoms with van der Waals surface area (Å²) >= 11 is 7.06. The molecule has 0 saturated carbocycles. The third-order valence-electron chi connectivity index (χ3n) is 1.88. The minimum Gasteiger partial charge on any atom is -0.354 e. The summed E-state index contributed by atoms with van der Waals surface area (Å²) in [6.45, 7) is 5.23. The molecule has 0 aromatic carbocycles. The van der Waals surface area contributed by atoms with Crippen LogP contribution in [0.25, 0.3) is 0 Å². The van der Waals surface area contributed by atoms with Crippen molar-refractivity contribution in [3.63, 3.8) is 0 Å². The van der Waals surface area contributed by atoms with E-state index >= 15 is 0 Å². The summed E-state index contributed by atoms with van der Waals surface area (Å²) in [5.41, 5.74) is 0. The topological polar surface area (TPSA) is 9.23 Å². The lowest BCUT2D eigenvalue weighted by molar-refractivity contribution is 0.0885. The summed E-state index contributed by atoms with van der Waals surface area (Å²) in [6.07, 6.45) is 7.07. The van der Waals surface area contributed by atoms with Gasteiger partial charge < -0.3 is 4.74 Å². The number of ether oxygens (including phenoxy) is 1.